The molecule has 0 aliphatic carbocycles. The van der Waals surface area contributed by atoms with Crippen molar-refractivity contribution in [1.29, 1.82) is 0 Å². The molecule has 1 saturated heterocycles. The van der Waals surface area contributed by atoms with Gasteiger partial charge in [-0.15, -0.1) is 0 Å². The van der Waals surface area contributed by atoms with Gasteiger partial charge in [0.15, 0.2) is 0 Å². The van der Waals surface area contributed by atoms with Crippen LogP contribution in [0.25, 0.3) is 0 Å². The summed E-state index contributed by atoms with van der Waals surface area (Å²) in [6.45, 7) is 17.3. The first-order valence-corrected chi connectivity index (χ1v) is 27.0. The van der Waals surface area contributed by atoms with Crippen LogP contribution in [-0.2, 0) is 19.1 Å². The van der Waals surface area contributed by atoms with Gasteiger partial charge in [0.1, 0.15) is 0 Å². The summed E-state index contributed by atoms with van der Waals surface area (Å²) in [5, 5.41) is 6.89. The molecule has 0 radical (unpaired) electrons. The summed E-state index contributed by atoms with van der Waals surface area (Å²) in [5.41, 5.74) is 0. The summed E-state index contributed by atoms with van der Waals surface area (Å²) in [4.78, 5) is 21.1. The van der Waals surface area contributed by atoms with Gasteiger partial charge in [0, 0.05) is 13.2 Å². The number of hydrogen-bond acceptors (Lipinski definition) is 5. The second-order valence-corrected chi connectivity index (χ2v) is 18.6. The van der Waals surface area contributed by atoms with Crippen molar-refractivity contribution >= 4 is 12.9 Å². The highest BCUT2D eigenvalue weighted by atomic mass is 16.5. The van der Waals surface area contributed by atoms with E-state index >= 15 is 0 Å². The number of carboxylic acid groups (broad SMARTS) is 1. The molecule has 6 nitrogen and oxygen atoms in total. The van der Waals surface area contributed by atoms with Crippen molar-refractivity contribution in [2.45, 2.75) is 291 Å². The number of carbonyl (C=O) groups excluding carboxylic acids is 1. The summed E-state index contributed by atoms with van der Waals surface area (Å²) in [6, 6.07) is 0. The Kier molecular flexibility index (Phi) is 54.8. The van der Waals surface area contributed by atoms with E-state index in [1.807, 2.05) is 0 Å². The minimum Gasteiger partial charge on any atom is -0.483 e. The highest BCUT2D eigenvalue weighted by molar-refractivity contribution is 5.36. The molecule has 1 heterocycles. The van der Waals surface area contributed by atoms with E-state index in [2.05, 4.69) is 39.5 Å². The van der Waals surface area contributed by atoms with Crippen LogP contribution in [-0.4, -0.2) is 61.9 Å². The van der Waals surface area contributed by atoms with E-state index in [0.717, 1.165) is 24.9 Å². The number of likely N-dealkylation sites (tertiary alicyclic amines) is 1. The standard InChI is InChI=1S/C39H79NO.C14H28O2.CH2O2/c1-4-7-10-11-14-18-24-32-39(41-37-28-36-40-34-26-20-27-35-40)33-25-19-16-13-12-15-17-23-31-38(29-21-8-5-2)30-22-9-6-3;1-3-5-7-9-14(10-8-6-4-2)11-12-16-13-15;2-1-3/h38-39H,4-37H2,1-3H3;13-14H,3-12H2,1-2H3;1H,(H,2,3). The van der Waals surface area contributed by atoms with Crippen molar-refractivity contribution in [1.82, 2.24) is 4.90 Å². The van der Waals surface area contributed by atoms with E-state index in [9.17, 15) is 4.79 Å². The molecule has 1 N–H and O–H groups in total. The van der Waals surface area contributed by atoms with E-state index in [1.54, 1.807) is 0 Å². The Hall–Kier alpha value is -1.14. The molecule has 0 aromatic rings. The fourth-order valence-corrected chi connectivity index (χ4v) is 9.11. The van der Waals surface area contributed by atoms with E-state index in [1.165, 1.54) is 264 Å². The van der Waals surface area contributed by atoms with Crippen molar-refractivity contribution < 1.29 is 24.2 Å². The topological polar surface area (TPSA) is 76.1 Å². The molecule has 0 aromatic heterocycles. The second-order valence-electron chi connectivity index (χ2n) is 18.6. The first-order valence-electron chi connectivity index (χ1n) is 27.0. The number of piperidine rings is 1. The Balaban J connectivity index is 0. The van der Waals surface area contributed by atoms with Crippen LogP contribution in [0.15, 0.2) is 0 Å². The lowest BCUT2D eigenvalue weighted by Crippen LogP contribution is -2.31. The second kappa shape index (κ2) is 54.0. The lowest BCUT2D eigenvalue weighted by molar-refractivity contribution is -0.129. The molecule has 60 heavy (non-hydrogen) atoms. The third-order valence-corrected chi connectivity index (χ3v) is 13.0. The van der Waals surface area contributed by atoms with Gasteiger partial charge in [-0.25, -0.2) is 0 Å². The van der Waals surface area contributed by atoms with Crippen molar-refractivity contribution in [3.63, 3.8) is 0 Å². The van der Waals surface area contributed by atoms with Crippen LogP contribution in [0, 0.1) is 11.8 Å². The molecule has 1 atom stereocenters. The van der Waals surface area contributed by atoms with Crippen LogP contribution in [0.5, 0.6) is 0 Å². The molecule has 1 aliphatic rings. The Morgan fingerprint density at radius 2 is 0.767 bits per heavy atom. The predicted octanol–water partition coefficient (Wildman–Crippen LogP) is 17.1. The number of carbonyl (C=O) groups is 2. The molecule has 1 unspecified atom stereocenters. The third-order valence-electron chi connectivity index (χ3n) is 13.0. The molecular weight excluding hydrogens is 743 g/mol. The molecule has 0 bridgehead atoms. The lowest BCUT2D eigenvalue weighted by Gasteiger charge is -2.26. The maximum atomic E-state index is 10.1. The number of hydrogen-bond donors (Lipinski definition) is 1. The molecule has 0 saturated carbocycles. The van der Waals surface area contributed by atoms with Gasteiger partial charge in [0.05, 0.1) is 12.7 Å². The van der Waals surface area contributed by atoms with Crippen molar-refractivity contribution in [3.8, 4) is 0 Å². The van der Waals surface area contributed by atoms with Crippen LogP contribution < -0.4 is 0 Å². The monoisotopic (exact) mass is 852 g/mol. The van der Waals surface area contributed by atoms with E-state index in [4.69, 9.17) is 19.4 Å². The van der Waals surface area contributed by atoms with Crippen molar-refractivity contribution in [2.24, 2.45) is 11.8 Å². The van der Waals surface area contributed by atoms with Crippen LogP contribution >= 0.6 is 0 Å². The minimum absolute atomic E-state index is 0.250. The van der Waals surface area contributed by atoms with Crippen molar-refractivity contribution in [2.75, 3.05) is 32.8 Å². The zero-order chi connectivity index (χ0) is 44.3. The maximum Gasteiger partial charge on any atom is 0.293 e. The molecule has 6 heteroatoms. The largest absolute Gasteiger partial charge is 0.483 e. The average molecular weight is 852 g/mol. The van der Waals surface area contributed by atoms with Gasteiger partial charge in [0.2, 0.25) is 0 Å². The number of nitrogens with zero attached hydrogens (tertiary/aromatic N) is 1. The Morgan fingerprint density at radius 3 is 1.17 bits per heavy atom. The molecular formula is C54H109NO5. The van der Waals surface area contributed by atoms with Crippen LogP contribution in [0.1, 0.15) is 285 Å². The zero-order valence-electron chi connectivity index (χ0n) is 41.5. The minimum atomic E-state index is -0.250. The van der Waals surface area contributed by atoms with Crippen LogP contribution in [0.4, 0.5) is 0 Å². The molecule has 1 rings (SSSR count). The summed E-state index contributed by atoms with van der Waals surface area (Å²) >= 11 is 0. The SMILES string of the molecule is CCCCCC(CCCCC)CCOC=O.CCCCCCCCCC(CCCCCCCCCCC(CCCCC)CCCCC)OCCCN1CCCCC1.O=CO. The van der Waals surface area contributed by atoms with Crippen molar-refractivity contribution in [3.05, 3.63) is 0 Å². The number of rotatable bonds is 44. The highest BCUT2D eigenvalue weighted by Crippen LogP contribution is 2.25. The highest BCUT2D eigenvalue weighted by Gasteiger charge is 2.13. The van der Waals surface area contributed by atoms with Crippen LogP contribution in [0.3, 0.4) is 0 Å². The summed E-state index contributed by atoms with van der Waals surface area (Å²) in [5.74, 6) is 1.78. The van der Waals surface area contributed by atoms with Crippen LogP contribution in [0.2, 0.25) is 0 Å². The van der Waals surface area contributed by atoms with Gasteiger partial charge in [-0.2, -0.15) is 0 Å². The Morgan fingerprint density at radius 1 is 0.433 bits per heavy atom. The fourth-order valence-electron chi connectivity index (χ4n) is 9.11. The zero-order valence-corrected chi connectivity index (χ0v) is 41.5. The molecule has 0 aromatic carbocycles. The number of ether oxygens (including phenoxy) is 2. The van der Waals surface area contributed by atoms with Gasteiger partial charge < -0.3 is 19.5 Å². The smallest absolute Gasteiger partial charge is 0.293 e. The van der Waals surface area contributed by atoms with E-state index < -0.39 is 0 Å². The lowest BCUT2D eigenvalue weighted by atomic mass is 9.90. The van der Waals surface area contributed by atoms with E-state index in [-0.39, 0.29) is 6.47 Å². The maximum absolute atomic E-state index is 10.1. The molecule has 0 amide bonds. The van der Waals surface area contributed by atoms with Gasteiger partial charge in [-0.3, -0.25) is 9.59 Å². The molecule has 1 aliphatic heterocycles. The number of unbranched alkanes of at least 4 members (excludes halogenated alkanes) is 21. The quantitative estimate of drug-likeness (QED) is 0.0486. The molecule has 360 valence electrons. The van der Waals surface area contributed by atoms with Gasteiger partial charge in [-0.1, -0.05) is 247 Å². The van der Waals surface area contributed by atoms with E-state index in [0.29, 0.717) is 19.2 Å². The Bertz CT molecular complexity index is 770. The predicted molar refractivity (Wildman–Crippen MR) is 262 cm³/mol. The molecule has 0 spiro atoms. The summed E-state index contributed by atoms with van der Waals surface area (Å²) in [6.07, 6.45) is 54.7. The average Bonchev–Trinajstić information content (AvgIpc) is 3.26. The first-order chi connectivity index (χ1) is 29.6. The third kappa shape index (κ3) is 47.9. The Labute approximate surface area is 376 Å². The summed E-state index contributed by atoms with van der Waals surface area (Å²) in [7, 11) is 0. The molecule has 1 fully saturated rings. The van der Waals surface area contributed by atoms with Gasteiger partial charge in [-0.05, 0) is 63.5 Å². The first kappa shape index (κ1) is 60.9. The normalized spacial score (nSPS) is 13.4. The fraction of sp³-hybridized carbons (Fsp3) is 0.963. The van der Waals surface area contributed by atoms with Gasteiger partial charge >= 0.3 is 0 Å². The summed E-state index contributed by atoms with van der Waals surface area (Å²) < 4.78 is 11.3. The van der Waals surface area contributed by atoms with Gasteiger partial charge in [0.25, 0.3) is 12.9 Å².